The molecule has 1 aliphatic heterocycles. The Balaban J connectivity index is 2.50. The van der Waals surface area contributed by atoms with Crippen molar-refractivity contribution >= 4 is 9.84 Å². The van der Waals surface area contributed by atoms with Crippen LogP contribution in [0.5, 0.6) is 0 Å². The zero-order chi connectivity index (χ0) is 11.3. The predicted octanol–water partition coefficient (Wildman–Crippen LogP) is 2.50. The molecule has 1 heterocycles. The highest BCUT2D eigenvalue weighted by Crippen LogP contribution is 2.42. The second-order valence-corrected chi connectivity index (χ2v) is 5.31. The van der Waals surface area contributed by atoms with Crippen molar-refractivity contribution in [1.82, 2.24) is 0 Å². The molecule has 0 saturated carbocycles. The lowest BCUT2D eigenvalue weighted by atomic mass is 10.1. The predicted molar refractivity (Wildman–Crippen MR) is 57.3 cm³/mol. The third kappa shape index (κ3) is 1.01. The van der Waals surface area contributed by atoms with E-state index in [0.717, 1.165) is 0 Å². The van der Waals surface area contributed by atoms with Gasteiger partial charge in [0, 0.05) is 11.1 Å². The molecular weight excluding hydrogens is 208 g/mol. The van der Waals surface area contributed by atoms with E-state index < -0.39 is 9.84 Å². The first-order chi connectivity index (χ1) is 7.60. The molecule has 0 amide bonds. The monoisotopic (exact) mass is 217 g/mol. The zero-order valence-corrected chi connectivity index (χ0v) is 8.58. The van der Waals surface area contributed by atoms with E-state index >= 15 is 0 Å². The second-order valence-electron chi connectivity index (χ2n) is 3.42. The third-order valence-corrected chi connectivity index (χ3v) is 4.45. The molecule has 1 aliphatic rings. The van der Waals surface area contributed by atoms with Gasteiger partial charge >= 0.3 is 0 Å². The summed E-state index contributed by atoms with van der Waals surface area (Å²) in [6, 6.07) is 11.8. The summed E-state index contributed by atoms with van der Waals surface area (Å²) in [6.45, 7) is 0. The summed E-state index contributed by atoms with van der Waals surface area (Å²) < 4.78 is 31.8. The average molecular weight is 217 g/mol. The van der Waals surface area contributed by atoms with Crippen LogP contribution in [0.3, 0.4) is 0 Å². The van der Waals surface area contributed by atoms with Crippen LogP contribution in [-0.4, -0.2) is 8.42 Å². The van der Waals surface area contributed by atoms with Gasteiger partial charge in [-0.15, -0.1) is 0 Å². The minimum absolute atomic E-state index is 0.310. The molecule has 3 rings (SSSR count). The lowest BCUT2D eigenvalue weighted by Gasteiger charge is -1.95. The van der Waals surface area contributed by atoms with Gasteiger partial charge in [-0.1, -0.05) is 36.4 Å². The van der Waals surface area contributed by atoms with Crippen LogP contribution in [-0.2, 0) is 9.84 Å². The average Bonchev–Trinajstić information content (AvgIpc) is 2.49. The molecular formula is C12H8O2S. The van der Waals surface area contributed by atoms with Gasteiger partial charge in [0.1, 0.15) is 0 Å². The van der Waals surface area contributed by atoms with E-state index in [2.05, 4.69) is 0 Å². The topological polar surface area (TPSA) is 34.1 Å². The maximum absolute atomic E-state index is 12.1. The summed E-state index contributed by atoms with van der Waals surface area (Å²) in [5, 5.41) is 0. The molecule has 0 aromatic heterocycles. The molecule has 0 unspecified atom stereocenters. The van der Waals surface area contributed by atoms with Crippen LogP contribution in [0.4, 0.5) is 0 Å². The number of rotatable bonds is 0. The first-order valence-corrected chi connectivity index (χ1v) is 6.04. The maximum Gasteiger partial charge on any atom is 0.207 e. The van der Waals surface area contributed by atoms with Crippen LogP contribution < -0.4 is 0 Å². The molecule has 15 heavy (non-hydrogen) atoms. The van der Waals surface area contributed by atoms with Gasteiger partial charge in [0.25, 0.3) is 0 Å². The van der Waals surface area contributed by atoms with Crippen LogP contribution in [0.1, 0.15) is 1.37 Å². The van der Waals surface area contributed by atoms with E-state index in [1.165, 1.54) is 12.1 Å². The summed E-state index contributed by atoms with van der Waals surface area (Å²) >= 11 is 0. The van der Waals surface area contributed by atoms with Crippen molar-refractivity contribution in [2.45, 2.75) is 9.79 Å². The number of fused-ring (bicyclic) bond motifs is 3. The fourth-order valence-electron chi connectivity index (χ4n) is 1.90. The summed E-state index contributed by atoms with van der Waals surface area (Å²) in [5.74, 6) is 0. The molecule has 0 saturated heterocycles. The van der Waals surface area contributed by atoms with Gasteiger partial charge in [0.2, 0.25) is 9.84 Å². The highest BCUT2D eigenvalue weighted by Gasteiger charge is 2.31. The molecule has 0 spiro atoms. The Bertz CT molecular complexity index is 690. The molecule has 2 aromatic rings. The smallest absolute Gasteiger partial charge is 0.207 e. The third-order valence-electron chi connectivity index (χ3n) is 2.58. The van der Waals surface area contributed by atoms with E-state index in [0.29, 0.717) is 27.0 Å². The lowest BCUT2D eigenvalue weighted by molar-refractivity contribution is 0.598. The Morgan fingerprint density at radius 2 is 1.47 bits per heavy atom. The minimum Gasteiger partial charge on any atom is -0.218 e. The molecule has 0 radical (unpaired) electrons. The molecule has 74 valence electrons. The van der Waals surface area contributed by atoms with Crippen LogP contribution >= 0.6 is 0 Å². The molecule has 0 aliphatic carbocycles. The highest BCUT2D eigenvalue weighted by atomic mass is 32.2. The fraction of sp³-hybridized carbons (Fsp3) is 0. The van der Waals surface area contributed by atoms with Crippen LogP contribution in [0.2, 0.25) is 0 Å². The zero-order valence-electron chi connectivity index (χ0n) is 8.77. The first-order valence-electron chi connectivity index (χ1n) is 5.06. The Morgan fingerprint density at radius 3 is 2.27 bits per heavy atom. The van der Waals surface area contributed by atoms with Gasteiger partial charge in [-0.05, 0) is 12.1 Å². The van der Waals surface area contributed by atoms with Crippen molar-refractivity contribution in [1.29, 1.82) is 0 Å². The van der Waals surface area contributed by atoms with Crippen molar-refractivity contribution < 1.29 is 9.79 Å². The van der Waals surface area contributed by atoms with Crippen LogP contribution in [0.25, 0.3) is 11.1 Å². The van der Waals surface area contributed by atoms with Crippen molar-refractivity contribution in [2.75, 3.05) is 0 Å². The van der Waals surface area contributed by atoms with E-state index in [1.54, 1.807) is 30.3 Å². The first kappa shape index (κ1) is 7.65. The van der Waals surface area contributed by atoms with Crippen molar-refractivity contribution in [2.24, 2.45) is 0 Å². The molecule has 0 fully saturated rings. The van der Waals surface area contributed by atoms with Crippen LogP contribution in [0.15, 0.2) is 58.3 Å². The number of hydrogen-bond acceptors (Lipinski definition) is 2. The van der Waals surface area contributed by atoms with E-state index in [4.69, 9.17) is 1.37 Å². The minimum atomic E-state index is -3.36. The van der Waals surface area contributed by atoms with E-state index in [9.17, 15) is 8.42 Å². The van der Waals surface area contributed by atoms with Gasteiger partial charge < -0.3 is 0 Å². The summed E-state index contributed by atoms with van der Waals surface area (Å²) in [5.41, 5.74) is 1.34. The lowest BCUT2D eigenvalue weighted by Crippen LogP contribution is -1.95. The normalized spacial score (nSPS) is 16.7. The fourth-order valence-corrected chi connectivity index (χ4v) is 3.57. The number of hydrogen-bond donors (Lipinski definition) is 0. The van der Waals surface area contributed by atoms with E-state index in [1.807, 2.05) is 0 Å². The Kier molecular flexibility index (Phi) is 1.38. The number of sulfone groups is 1. The van der Waals surface area contributed by atoms with Gasteiger partial charge in [0.05, 0.1) is 11.2 Å². The van der Waals surface area contributed by atoms with Crippen molar-refractivity contribution in [3.63, 3.8) is 0 Å². The number of benzene rings is 2. The molecule has 2 aromatic carbocycles. The SMILES string of the molecule is [2H]c1ccc2c(c1)-c1ccccc1S2(=O)=O. The quantitative estimate of drug-likeness (QED) is 0.579. The molecule has 0 bridgehead atoms. The van der Waals surface area contributed by atoms with Crippen molar-refractivity contribution in [3.05, 3.63) is 48.5 Å². The van der Waals surface area contributed by atoms with Gasteiger partial charge in [0.15, 0.2) is 0 Å². The molecule has 3 heteroatoms. The Hall–Kier alpha value is -1.61. The van der Waals surface area contributed by atoms with Gasteiger partial charge in [-0.3, -0.25) is 0 Å². The molecule has 0 atom stereocenters. The standard InChI is InChI=1S/C12H8O2S/c13-15(14)11-7-3-1-5-9(11)10-6-2-4-8-12(10)15/h1-8H/i1D. The Morgan fingerprint density at radius 1 is 0.867 bits per heavy atom. The van der Waals surface area contributed by atoms with Gasteiger partial charge in [-0.25, -0.2) is 8.42 Å². The maximum atomic E-state index is 12.1. The van der Waals surface area contributed by atoms with E-state index in [-0.39, 0.29) is 0 Å². The van der Waals surface area contributed by atoms with Gasteiger partial charge in [-0.2, -0.15) is 0 Å². The highest BCUT2D eigenvalue weighted by molar-refractivity contribution is 7.92. The summed E-state index contributed by atoms with van der Waals surface area (Å²) in [7, 11) is -3.36. The Labute approximate surface area is 89.5 Å². The second kappa shape index (κ2) is 2.70. The molecule has 0 N–H and O–H groups in total. The van der Waals surface area contributed by atoms with Crippen molar-refractivity contribution in [3.8, 4) is 11.1 Å². The largest absolute Gasteiger partial charge is 0.218 e. The summed E-state index contributed by atoms with van der Waals surface area (Å²) in [6.07, 6.45) is 0. The molecule has 2 nitrogen and oxygen atoms in total. The van der Waals surface area contributed by atoms with Crippen LogP contribution in [0, 0.1) is 0 Å². The summed E-state index contributed by atoms with van der Waals surface area (Å²) in [4.78, 5) is 0.653.